The van der Waals surface area contributed by atoms with Crippen molar-refractivity contribution in [1.29, 1.82) is 0 Å². The minimum atomic E-state index is -4.67. The van der Waals surface area contributed by atoms with Crippen LogP contribution in [0.3, 0.4) is 0 Å². The monoisotopic (exact) mass is 1180 g/mol. The van der Waals surface area contributed by atoms with Gasteiger partial charge in [0.25, 0.3) is 0 Å². The van der Waals surface area contributed by atoms with E-state index in [1.807, 2.05) is 171 Å². The fourth-order valence-electron chi connectivity index (χ4n) is 9.03. The summed E-state index contributed by atoms with van der Waals surface area (Å²) in [5.41, 5.74) is 6.24. The Bertz CT molecular complexity index is 3460. The number of nitrogens with zero attached hydrogens (tertiary/aromatic N) is 2. The van der Waals surface area contributed by atoms with Crippen LogP contribution < -0.4 is 87.1 Å². The standard InChI is InChI=1S/C24H28N2O6S2.C15H14N2.C15H21NO6S2.ClH.2Na/c1-3-26-22-14-13-20(34(30,31)32)18-21(22)24(2,15-9-17-33(27,28)29)23(26)12-7-8-16-25-19-10-5-4-6-11-19;1-3-8-14(9-4-1)16-12-7-13-17-15-10-5-2-6-11-15;1-4-16-11(2)15(3,8-5-9-23(17,18)19)13-10-12(24(20,21)22)6-7-14(13)16;;;/h4-8,10-14,16,18H,3,9,15,17H2,1-2H3,(H2,27,28,29,30,31,32);1-13,16H;6-7,10H,4-5,8-9H2,1-3H3,(H-,17,18,19,20,21,22);1H;;/q;;;;2*+1/p-2/b;12-7+,17-13?;;;;. The fourth-order valence-corrected chi connectivity index (χ4v) is 11.0. The molecule has 408 valence electrons. The van der Waals surface area contributed by atoms with E-state index in [-0.39, 0.29) is 101 Å². The summed E-state index contributed by atoms with van der Waals surface area (Å²) >= 11 is 0. The van der Waals surface area contributed by atoms with E-state index in [9.17, 15) is 51.9 Å². The Morgan fingerprint density at radius 2 is 0.962 bits per heavy atom. The van der Waals surface area contributed by atoms with Gasteiger partial charge in [0.15, 0.2) is 17.6 Å². The SMILES string of the molecule is C(/C=C/Nc1ccccc1)=[NH+]c1ccccc1.CC[N+]1=C(/C=C/C=C/Nc2ccccc2)C(C)(CCCS(=O)(=O)[O-])c2cc(S(=O)(=O)[O-])ccc21.CC[N+]1=C(C)C(C)(CCCS(=O)(=O)[O-])c2cc(S(=O)(=O)[O-])ccc21.[Cl-].[Na+].[Na+]. The molecule has 2 atom stereocenters. The quantitative estimate of drug-likeness (QED) is 0.0248. The van der Waals surface area contributed by atoms with Crippen LogP contribution >= 0.6 is 0 Å². The van der Waals surface area contributed by atoms with E-state index in [1.165, 1.54) is 24.3 Å². The minimum Gasteiger partial charge on any atom is -1.00 e. The zero-order valence-electron chi connectivity index (χ0n) is 44.6. The summed E-state index contributed by atoms with van der Waals surface area (Å²) < 4.78 is 139. The van der Waals surface area contributed by atoms with Crippen LogP contribution in [-0.2, 0) is 51.3 Å². The van der Waals surface area contributed by atoms with E-state index in [1.54, 1.807) is 18.3 Å². The van der Waals surface area contributed by atoms with Gasteiger partial charge in [-0.05, 0) is 108 Å². The number of anilines is 2. The third-order valence-electron chi connectivity index (χ3n) is 12.8. The molecule has 0 aromatic heterocycles. The molecule has 5 aromatic carbocycles. The van der Waals surface area contributed by atoms with Crippen LogP contribution in [0.5, 0.6) is 0 Å². The van der Waals surface area contributed by atoms with Crippen molar-refractivity contribution in [1.82, 2.24) is 0 Å². The summed E-state index contributed by atoms with van der Waals surface area (Å²) in [6.07, 6.45) is 13.9. The van der Waals surface area contributed by atoms with Gasteiger partial charge >= 0.3 is 59.1 Å². The molecule has 2 unspecified atom stereocenters. The Balaban J connectivity index is 0.000000415. The van der Waals surface area contributed by atoms with Gasteiger partial charge in [-0.25, -0.2) is 38.7 Å². The molecule has 0 spiro atoms. The van der Waals surface area contributed by atoms with Gasteiger partial charge in [-0.15, -0.1) is 0 Å². The number of para-hydroxylation sites is 3. The average molecular weight is 1180 g/mol. The first-order chi connectivity index (χ1) is 35.3. The number of benzene rings is 5. The zero-order valence-corrected chi connectivity index (χ0v) is 52.6. The molecule has 0 radical (unpaired) electrons. The summed E-state index contributed by atoms with van der Waals surface area (Å²) in [5.74, 6) is -1.00. The molecule has 0 fully saturated rings. The average Bonchev–Trinajstić information content (AvgIpc) is 3.72. The molecular weight excluding hydrogens is 1120 g/mol. The predicted octanol–water partition coefficient (Wildman–Crippen LogP) is -2.11. The van der Waals surface area contributed by atoms with Gasteiger partial charge < -0.3 is 41.3 Å². The maximum Gasteiger partial charge on any atom is 1.00 e. The third kappa shape index (κ3) is 20.1. The van der Waals surface area contributed by atoms with E-state index in [2.05, 4.69) is 15.6 Å². The van der Waals surface area contributed by atoms with Crippen molar-refractivity contribution in [3.8, 4) is 0 Å². The summed E-state index contributed by atoms with van der Waals surface area (Å²) in [5, 5.41) is 6.33. The maximum absolute atomic E-state index is 11.7. The van der Waals surface area contributed by atoms with Gasteiger partial charge in [0, 0.05) is 89.7 Å². The van der Waals surface area contributed by atoms with Crippen molar-refractivity contribution in [3.63, 3.8) is 0 Å². The van der Waals surface area contributed by atoms with Crippen LogP contribution in [0.15, 0.2) is 174 Å². The Kier molecular flexibility index (Phi) is 28.0. The van der Waals surface area contributed by atoms with Crippen molar-refractivity contribution in [2.75, 3.05) is 35.2 Å². The molecule has 5 aromatic rings. The fraction of sp³-hybridized carbons (Fsp3) is 0.278. The second-order valence-corrected chi connectivity index (χ2v) is 23.7. The van der Waals surface area contributed by atoms with Crippen LogP contribution in [0.1, 0.15) is 71.4 Å². The van der Waals surface area contributed by atoms with Crippen molar-refractivity contribution in [2.45, 2.75) is 80.9 Å². The molecule has 0 saturated carbocycles. The van der Waals surface area contributed by atoms with Gasteiger partial charge in [0.05, 0.1) is 40.9 Å². The Morgan fingerprint density at radius 3 is 1.40 bits per heavy atom. The van der Waals surface area contributed by atoms with Crippen molar-refractivity contribution in [2.24, 2.45) is 0 Å². The summed E-state index contributed by atoms with van der Waals surface area (Å²) in [6, 6.07) is 38.2. The number of allylic oxidation sites excluding steroid dienone is 4. The van der Waals surface area contributed by atoms with E-state index in [0.29, 0.717) is 30.6 Å². The first kappa shape index (κ1) is 70.0. The second-order valence-electron chi connectivity index (χ2n) is 17.9. The normalized spacial score (nSPS) is 17.1. The molecule has 78 heavy (non-hydrogen) atoms. The summed E-state index contributed by atoms with van der Waals surface area (Å²) in [6.45, 7) is 10.7. The Morgan fingerprint density at radius 1 is 0.551 bits per heavy atom. The largest absolute Gasteiger partial charge is 1.00 e. The predicted molar refractivity (Wildman–Crippen MR) is 288 cm³/mol. The molecule has 2 aliphatic rings. The molecule has 0 aliphatic carbocycles. The molecule has 3 N–H and O–H groups in total. The second kappa shape index (κ2) is 31.2. The minimum absolute atomic E-state index is 0. The number of nitrogens with one attached hydrogen (secondary N) is 3. The third-order valence-corrected chi connectivity index (χ3v) is 16.1. The van der Waals surface area contributed by atoms with Crippen molar-refractivity contribution >= 4 is 86.5 Å². The van der Waals surface area contributed by atoms with Crippen LogP contribution in [0.2, 0.25) is 0 Å². The maximum atomic E-state index is 11.7. The summed E-state index contributed by atoms with van der Waals surface area (Å²) in [4.78, 5) is 2.52. The van der Waals surface area contributed by atoms with Gasteiger partial charge in [0.1, 0.15) is 33.3 Å². The smallest absolute Gasteiger partial charge is 1.00 e. The van der Waals surface area contributed by atoms with Crippen molar-refractivity contribution < 1.29 is 138 Å². The van der Waals surface area contributed by atoms with Crippen LogP contribution in [0.4, 0.5) is 28.4 Å². The first-order valence-corrected chi connectivity index (χ1v) is 29.9. The van der Waals surface area contributed by atoms with E-state index < -0.39 is 62.8 Å². The molecule has 0 saturated heterocycles. The van der Waals surface area contributed by atoms with Gasteiger partial charge in [-0.3, -0.25) is 0 Å². The molecule has 2 heterocycles. The van der Waals surface area contributed by atoms with Gasteiger partial charge in [-0.1, -0.05) is 60.7 Å². The zero-order chi connectivity index (χ0) is 55.1. The Labute approximate surface area is 510 Å². The number of hydrogen-bond donors (Lipinski definition) is 3. The molecule has 17 nitrogen and oxygen atoms in total. The molecule has 0 bridgehead atoms. The summed E-state index contributed by atoms with van der Waals surface area (Å²) in [7, 11) is -18.0. The van der Waals surface area contributed by atoms with Crippen LogP contribution in [0, 0.1) is 0 Å². The number of hydrogen-bond acceptors (Lipinski definition) is 14. The molecule has 2 aliphatic heterocycles. The van der Waals surface area contributed by atoms with Crippen LogP contribution in [0.25, 0.3) is 0 Å². The molecule has 24 heteroatoms. The van der Waals surface area contributed by atoms with Crippen molar-refractivity contribution in [3.05, 3.63) is 175 Å². The molecular formula is C54H62ClN5Na2O12S4. The number of fused-ring (bicyclic) bond motifs is 2. The topological polar surface area (TPSA) is 273 Å². The molecule has 7 rings (SSSR count). The Hall–Kier alpha value is -4.14. The van der Waals surface area contributed by atoms with Crippen LogP contribution in [-0.4, -0.2) is 103 Å². The number of halogens is 1. The van der Waals surface area contributed by atoms with E-state index >= 15 is 0 Å². The van der Waals surface area contributed by atoms with E-state index in [4.69, 9.17) is 0 Å². The first-order valence-electron chi connectivity index (χ1n) is 23.9. The van der Waals surface area contributed by atoms with Gasteiger partial charge in [-0.2, -0.15) is 9.15 Å². The van der Waals surface area contributed by atoms with Gasteiger partial charge in [0.2, 0.25) is 17.1 Å². The van der Waals surface area contributed by atoms with E-state index in [0.717, 1.165) is 39.9 Å². The number of rotatable bonds is 20. The molecule has 0 amide bonds.